The average Bonchev–Trinajstić information content (AvgIpc) is 2.77. The Morgan fingerprint density at radius 1 is 1.33 bits per heavy atom. The van der Waals surface area contributed by atoms with Crippen LogP contribution in [-0.4, -0.2) is 25.2 Å². The molecule has 7 nitrogen and oxygen atoms in total. The number of hydrogen-bond acceptors (Lipinski definition) is 4. The van der Waals surface area contributed by atoms with E-state index in [-0.39, 0.29) is 17.2 Å². The third-order valence-electron chi connectivity index (χ3n) is 3.13. The summed E-state index contributed by atoms with van der Waals surface area (Å²) in [6.07, 6.45) is 1.58. The summed E-state index contributed by atoms with van der Waals surface area (Å²) < 4.78 is 4.22. The smallest absolute Gasteiger partial charge is 0.330 e. The summed E-state index contributed by atoms with van der Waals surface area (Å²) in [5.74, 6) is 0.240. The van der Waals surface area contributed by atoms with Gasteiger partial charge in [0.1, 0.15) is 0 Å². The van der Waals surface area contributed by atoms with Crippen LogP contribution in [0.1, 0.15) is 6.92 Å². The molecule has 0 saturated carbocycles. The van der Waals surface area contributed by atoms with Gasteiger partial charge in [-0.3, -0.25) is 13.9 Å². The minimum atomic E-state index is -0.371. The molecule has 0 aromatic carbocycles. The third kappa shape index (κ3) is 1.76. The van der Waals surface area contributed by atoms with Gasteiger partial charge in [0.05, 0.1) is 6.33 Å². The van der Waals surface area contributed by atoms with Crippen molar-refractivity contribution < 1.29 is 0 Å². The number of aryl methyl sites for hydroxylation is 1. The number of nitrogens with two attached hydrogens (primary N) is 1. The van der Waals surface area contributed by atoms with Crippen molar-refractivity contribution in [3.05, 3.63) is 27.2 Å². The summed E-state index contributed by atoms with van der Waals surface area (Å²) in [5.41, 5.74) is 5.74. The van der Waals surface area contributed by atoms with E-state index in [1.807, 2.05) is 6.92 Å². The van der Waals surface area contributed by atoms with Crippen molar-refractivity contribution in [3.8, 4) is 0 Å². The van der Waals surface area contributed by atoms with Gasteiger partial charge < -0.3 is 10.3 Å². The SMILES string of the molecule is CC(CN)Cn1cnc2c1c(=O)n(C)c(=O)n2C. The Labute approximate surface area is 103 Å². The molecule has 2 aromatic heterocycles. The van der Waals surface area contributed by atoms with Crippen LogP contribution in [0.25, 0.3) is 11.2 Å². The van der Waals surface area contributed by atoms with E-state index in [0.717, 1.165) is 4.57 Å². The van der Waals surface area contributed by atoms with Gasteiger partial charge in [-0.1, -0.05) is 6.92 Å². The van der Waals surface area contributed by atoms with Crippen LogP contribution in [0.15, 0.2) is 15.9 Å². The molecule has 98 valence electrons. The van der Waals surface area contributed by atoms with E-state index in [1.165, 1.54) is 11.6 Å². The van der Waals surface area contributed by atoms with Crippen molar-refractivity contribution in [2.24, 2.45) is 25.7 Å². The fourth-order valence-corrected chi connectivity index (χ4v) is 1.95. The maximum Gasteiger partial charge on any atom is 0.332 e. The second kappa shape index (κ2) is 4.41. The monoisotopic (exact) mass is 251 g/mol. The summed E-state index contributed by atoms with van der Waals surface area (Å²) in [6, 6.07) is 0. The second-order valence-electron chi connectivity index (χ2n) is 4.62. The first-order valence-corrected chi connectivity index (χ1v) is 5.78. The largest absolute Gasteiger partial charge is 0.332 e. The number of rotatable bonds is 3. The molecule has 0 fully saturated rings. The summed E-state index contributed by atoms with van der Waals surface area (Å²) in [5, 5.41) is 0. The highest BCUT2D eigenvalue weighted by Crippen LogP contribution is 2.08. The Balaban J connectivity index is 2.74. The first kappa shape index (κ1) is 12.6. The third-order valence-corrected chi connectivity index (χ3v) is 3.13. The predicted octanol–water partition coefficient (Wildman–Crippen LogP) is -0.971. The van der Waals surface area contributed by atoms with E-state index in [9.17, 15) is 9.59 Å². The lowest BCUT2D eigenvalue weighted by molar-refractivity contribution is 0.498. The van der Waals surface area contributed by atoms with Crippen LogP contribution >= 0.6 is 0 Å². The quantitative estimate of drug-likeness (QED) is 0.760. The van der Waals surface area contributed by atoms with Crippen molar-refractivity contribution in [2.75, 3.05) is 6.54 Å². The van der Waals surface area contributed by atoms with Gasteiger partial charge in [-0.25, -0.2) is 9.78 Å². The van der Waals surface area contributed by atoms with E-state index < -0.39 is 0 Å². The number of nitrogens with zero attached hydrogens (tertiary/aromatic N) is 4. The van der Waals surface area contributed by atoms with Crippen molar-refractivity contribution in [3.63, 3.8) is 0 Å². The fourth-order valence-electron chi connectivity index (χ4n) is 1.95. The van der Waals surface area contributed by atoms with Crippen molar-refractivity contribution >= 4 is 11.2 Å². The summed E-state index contributed by atoms with van der Waals surface area (Å²) in [6.45, 7) is 3.14. The lowest BCUT2D eigenvalue weighted by atomic mass is 10.2. The first-order valence-electron chi connectivity index (χ1n) is 5.78. The molecule has 0 saturated heterocycles. The molecule has 1 atom stereocenters. The molecule has 2 heterocycles. The van der Waals surface area contributed by atoms with E-state index >= 15 is 0 Å². The van der Waals surface area contributed by atoms with E-state index in [2.05, 4.69) is 4.98 Å². The molecule has 0 aliphatic carbocycles. The second-order valence-corrected chi connectivity index (χ2v) is 4.62. The topological polar surface area (TPSA) is 87.8 Å². The average molecular weight is 251 g/mol. The Morgan fingerprint density at radius 3 is 2.61 bits per heavy atom. The number of fused-ring (bicyclic) bond motifs is 1. The zero-order valence-electron chi connectivity index (χ0n) is 10.8. The maximum absolute atomic E-state index is 12.1. The van der Waals surface area contributed by atoms with Gasteiger partial charge in [0.25, 0.3) is 5.56 Å². The van der Waals surface area contributed by atoms with Crippen LogP contribution < -0.4 is 17.0 Å². The van der Waals surface area contributed by atoms with Gasteiger partial charge in [-0.15, -0.1) is 0 Å². The van der Waals surface area contributed by atoms with Crippen LogP contribution in [0.5, 0.6) is 0 Å². The number of hydrogen-bond donors (Lipinski definition) is 1. The molecule has 0 amide bonds. The predicted molar refractivity (Wildman–Crippen MR) is 68.4 cm³/mol. The summed E-state index contributed by atoms with van der Waals surface area (Å²) in [4.78, 5) is 28.0. The molecule has 0 spiro atoms. The zero-order valence-corrected chi connectivity index (χ0v) is 10.8. The van der Waals surface area contributed by atoms with E-state index in [0.29, 0.717) is 24.3 Å². The van der Waals surface area contributed by atoms with Gasteiger partial charge in [0.2, 0.25) is 0 Å². The normalized spacial score (nSPS) is 13.1. The first-order chi connectivity index (χ1) is 8.47. The molecule has 0 bridgehead atoms. The van der Waals surface area contributed by atoms with Gasteiger partial charge in [0.15, 0.2) is 11.2 Å². The van der Waals surface area contributed by atoms with Crippen molar-refractivity contribution in [1.82, 2.24) is 18.7 Å². The minimum absolute atomic E-state index is 0.240. The summed E-state index contributed by atoms with van der Waals surface area (Å²) in [7, 11) is 3.07. The Hall–Kier alpha value is -1.89. The molecule has 7 heteroatoms. The Bertz CT molecular complexity index is 694. The highest BCUT2D eigenvalue weighted by Gasteiger charge is 2.14. The van der Waals surface area contributed by atoms with E-state index in [4.69, 9.17) is 5.73 Å². The molecule has 2 N–H and O–H groups in total. The van der Waals surface area contributed by atoms with Crippen molar-refractivity contribution in [1.29, 1.82) is 0 Å². The molecule has 1 unspecified atom stereocenters. The van der Waals surface area contributed by atoms with Crippen LogP contribution in [0, 0.1) is 5.92 Å². The fraction of sp³-hybridized carbons (Fsp3) is 0.545. The van der Waals surface area contributed by atoms with Crippen LogP contribution in [0.4, 0.5) is 0 Å². The molecule has 18 heavy (non-hydrogen) atoms. The molecule has 2 aromatic rings. The molecule has 0 aliphatic rings. The van der Waals surface area contributed by atoms with Crippen LogP contribution in [0.3, 0.4) is 0 Å². The standard InChI is InChI=1S/C11H17N5O2/c1-7(4-12)5-16-6-13-9-8(16)10(17)15(3)11(18)14(9)2/h6-7H,4-5,12H2,1-3H3. The van der Waals surface area contributed by atoms with Gasteiger partial charge in [-0.2, -0.15) is 0 Å². The van der Waals surface area contributed by atoms with Gasteiger partial charge in [0, 0.05) is 20.6 Å². The highest BCUT2D eigenvalue weighted by molar-refractivity contribution is 5.69. The van der Waals surface area contributed by atoms with Crippen LogP contribution in [0.2, 0.25) is 0 Å². The lowest BCUT2D eigenvalue weighted by Crippen LogP contribution is -2.37. The molecular formula is C11H17N5O2. The zero-order chi connectivity index (χ0) is 13.4. The van der Waals surface area contributed by atoms with Crippen LogP contribution in [-0.2, 0) is 20.6 Å². The lowest BCUT2D eigenvalue weighted by Gasteiger charge is -2.10. The molecular weight excluding hydrogens is 234 g/mol. The maximum atomic E-state index is 12.1. The number of aromatic nitrogens is 4. The van der Waals surface area contributed by atoms with Crippen molar-refractivity contribution in [2.45, 2.75) is 13.5 Å². The summed E-state index contributed by atoms with van der Waals surface area (Å²) >= 11 is 0. The molecule has 0 aliphatic heterocycles. The van der Waals surface area contributed by atoms with E-state index in [1.54, 1.807) is 17.9 Å². The molecule has 2 rings (SSSR count). The van der Waals surface area contributed by atoms with Gasteiger partial charge >= 0.3 is 5.69 Å². The Morgan fingerprint density at radius 2 is 2.00 bits per heavy atom. The Kier molecular flexibility index (Phi) is 3.08. The van der Waals surface area contributed by atoms with Gasteiger partial charge in [-0.05, 0) is 12.5 Å². The number of imidazole rings is 1. The highest BCUT2D eigenvalue weighted by atomic mass is 16.2. The minimum Gasteiger partial charge on any atom is -0.330 e. The molecule has 0 radical (unpaired) electrons.